The second kappa shape index (κ2) is 8.67. The molecular weight excluding hydrogens is 465 g/mol. The summed E-state index contributed by atoms with van der Waals surface area (Å²) in [6, 6.07) is 2.03. The number of rotatable bonds is 8. The third-order valence-corrected chi connectivity index (χ3v) is 8.26. The maximum absolute atomic E-state index is 14.4. The van der Waals surface area contributed by atoms with E-state index in [1.807, 2.05) is 0 Å². The lowest BCUT2D eigenvalue weighted by Gasteiger charge is -2.29. The molecule has 2 aromatic rings. The Morgan fingerprint density at radius 3 is 2.32 bits per heavy atom. The number of benzene rings is 1. The zero-order valence-corrected chi connectivity index (χ0v) is 17.6. The van der Waals surface area contributed by atoms with E-state index in [1.165, 1.54) is 17.7 Å². The fourth-order valence-corrected chi connectivity index (χ4v) is 5.04. The van der Waals surface area contributed by atoms with Crippen LogP contribution in [0.3, 0.4) is 0 Å². The van der Waals surface area contributed by atoms with E-state index >= 15 is 0 Å². The highest BCUT2D eigenvalue weighted by molar-refractivity contribution is 7.72. The Labute approximate surface area is 173 Å². The van der Waals surface area contributed by atoms with Crippen molar-refractivity contribution in [2.24, 2.45) is 7.05 Å². The SMILES string of the molecule is Cn1cc(OC(=O)O)c(=O)c2cc(F)c(NCCCC(O)(P(=O)(O)O)P(=O)(O)O)cc21. The Balaban J connectivity index is 2.25. The number of anilines is 1. The van der Waals surface area contributed by atoms with E-state index < -0.39 is 49.8 Å². The van der Waals surface area contributed by atoms with Crippen LogP contribution in [0.4, 0.5) is 14.9 Å². The Kier molecular flexibility index (Phi) is 6.98. The van der Waals surface area contributed by atoms with Gasteiger partial charge < -0.3 is 44.4 Å². The summed E-state index contributed by atoms with van der Waals surface area (Å²) in [5.41, 5.74) is -0.840. The third-order valence-electron chi connectivity index (χ3n) is 4.38. The number of carboxylic acid groups (broad SMARTS) is 1. The van der Waals surface area contributed by atoms with Gasteiger partial charge in [-0.15, -0.1) is 0 Å². The number of ether oxygens (including phenoxy) is 1. The molecule has 0 fully saturated rings. The third kappa shape index (κ3) is 5.13. The molecule has 0 aliphatic rings. The van der Waals surface area contributed by atoms with E-state index in [2.05, 4.69) is 10.1 Å². The van der Waals surface area contributed by atoms with Gasteiger partial charge >= 0.3 is 21.3 Å². The molecular formula is C15H19FN2O11P2. The van der Waals surface area contributed by atoms with Crippen LogP contribution in [0.2, 0.25) is 0 Å². The molecule has 0 amide bonds. The summed E-state index contributed by atoms with van der Waals surface area (Å²) in [5, 5.41) is 17.3. The van der Waals surface area contributed by atoms with Crippen LogP contribution in [0.25, 0.3) is 10.9 Å². The first-order chi connectivity index (χ1) is 14.1. The topological polar surface area (TPSA) is 216 Å². The molecule has 0 aliphatic heterocycles. The minimum Gasteiger partial charge on any atom is -0.449 e. The van der Waals surface area contributed by atoms with Crippen molar-refractivity contribution in [3.63, 3.8) is 0 Å². The van der Waals surface area contributed by atoms with Gasteiger partial charge in [0.2, 0.25) is 5.43 Å². The summed E-state index contributed by atoms with van der Waals surface area (Å²) in [6.45, 7) is -0.251. The van der Waals surface area contributed by atoms with Crippen LogP contribution < -0.4 is 15.5 Å². The zero-order chi connectivity index (χ0) is 23.8. The van der Waals surface area contributed by atoms with Crippen molar-refractivity contribution < 1.29 is 52.8 Å². The summed E-state index contributed by atoms with van der Waals surface area (Å²) in [4.78, 5) is 59.3. The summed E-state index contributed by atoms with van der Waals surface area (Å²) >= 11 is 0. The van der Waals surface area contributed by atoms with Crippen molar-refractivity contribution >= 4 is 37.9 Å². The molecule has 0 radical (unpaired) electrons. The average molecular weight is 484 g/mol. The predicted octanol–water partition coefficient (Wildman–Crippen LogP) is 0.928. The first-order valence-corrected chi connectivity index (χ1v) is 11.6. The molecule has 0 spiro atoms. The highest BCUT2D eigenvalue weighted by atomic mass is 31.2. The van der Waals surface area contributed by atoms with E-state index in [1.54, 1.807) is 0 Å². The molecule has 0 bridgehead atoms. The van der Waals surface area contributed by atoms with Crippen LogP contribution >= 0.6 is 15.2 Å². The number of hydrogen-bond donors (Lipinski definition) is 7. The van der Waals surface area contributed by atoms with Gasteiger partial charge in [-0.3, -0.25) is 13.9 Å². The van der Waals surface area contributed by atoms with E-state index in [-0.39, 0.29) is 29.6 Å². The molecule has 31 heavy (non-hydrogen) atoms. The fraction of sp³-hybridized carbons (Fsp3) is 0.333. The number of aryl methyl sites for hydroxylation is 1. The first-order valence-electron chi connectivity index (χ1n) is 8.39. The molecule has 16 heteroatoms. The molecule has 1 aromatic heterocycles. The lowest BCUT2D eigenvalue weighted by molar-refractivity contribution is 0.122. The minimum atomic E-state index is -5.59. The summed E-state index contributed by atoms with van der Waals surface area (Å²) in [5.74, 6) is -1.46. The van der Waals surface area contributed by atoms with E-state index in [9.17, 15) is 28.2 Å². The number of nitrogens with zero attached hydrogens (tertiary/aromatic N) is 1. The van der Waals surface area contributed by atoms with Gasteiger partial charge in [0.25, 0.3) is 5.08 Å². The van der Waals surface area contributed by atoms with Gasteiger partial charge in [-0.2, -0.15) is 0 Å². The van der Waals surface area contributed by atoms with Crippen LogP contribution in [-0.2, 0) is 16.2 Å². The molecule has 0 atom stereocenters. The predicted molar refractivity (Wildman–Crippen MR) is 105 cm³/mol. The summed E-state index contributed by atoms with van der Waals surface area (Å²) in [6.07, 6.45) is -1.99. The van der Waals surface area contributed by atoms with Crippen molar-refractivity contribution in [1.29, 1.82) is 0 Å². The standard InChI is InChI=1S/C15H19FN2O11P2/c1-18-7-12(29-14(20)21)13(19)8-5-9(16)10(6-11(8)18)17-4-2-3-15(22,30(23,24)25)31(26,27)28/h5-7,17,22H,2-4H2,1H3,(H,20,21)(H2,23,24,25)(H2,26,27,28). The van der Waals surface area contributed by atoms with Crippen molar-refractivity contribution in [3.05, 3.63) is 34.4 Å². The number of hydrogen-bond acceptors (Lipinski definition) is 7. The zero-order valence-electron chi connectivity index (χ0n) is 15.8. The van der Waals surface area contributed by atoms with Gasteiger partial charge in [-0.05, 0) is 18.6 Å². The van der Waals surface area contributed by atoms with Gasteiger partial charge in [-0.1, -0.05) is 0 Å². The maximum atomic E-state index is 14.4. The highest BCUT2D eigenvalue weighted by Crippen LogP contribution is 2.69. The highest BCUT2D eigenvalue weighted by Gasteiger charge is 2.58. The van der Waals surface area contributed by atoms with Gasteiger partial charge in [0.1, 0.15) is 5.82 Å². The number of nitrogens with one attached hydrogen (secondary N) is 1. The number of aliphatic hydroxyl groups is 1. The van der Waals surface area contributed by atoms with Crippen molar-refractivity contribution in [2.75, 3.05) is 11.9 Å². The molecule has 1 aromatic carbocycles. The quantitative estimate of drug-likeness (QED) is 0.158. The van der Waals surface area contributed by atoms with E-state index in [0.29, 0.717) is 0 Å². The van der Waals surface area contributed by atoms with Crippen LogP contribution in [-0.4, -0.2) is 52.1 Å². The Morgan fingerprint density at radius 1 is 1.23 bits per heavy atom. The number of fused-ring (bicyclic) bond motifs is 1. The molecule has 0 aliphatic carbocycles. The fourth-order valence-electron chi connectivity index (χ4n) is 2.78. The van der Waals surface area contributed by atoms with E-state index in [4.69, 9.17) is 24.7 Å². The second-order valence-electron chi connectivity index (χ2n) is 6.54. The Morgan fingerprint density at radius 2 is 1.81 bits per heavy atom. The smallest absolute Gasteiger partial charge is 0.449 e. The Bertz CT molecular complexity index is 1150. The molecule has 13 nitrogen and oxygen atoms in total. The summed E-state index contributed by atoms with van der Waals surface area (Å²) < 4.78 is 42.7. The second-order valence-corrected chi connectivity index (χ2v) is 10.6. The van der Waals surface area contributed by atoms with Crippen LogP contribution in [0, 0.1) is 5.82 Å². The number of halogens is 1. The van der Waals surface area contributed by atoms with E-state index in [0.717, 1.165) is 12.3 Å². The number of aromatic nitrogens is 1. The van der Waals surface area contributed by atoms with Crippen LogP contribution in [0.15, 0.2) is 23.1 Å². The largest absolute Gasteiger partial charge is 0.511 e. The Hall–Kier alpha value is -2.31. The van der Waals surface area contributed by atoms with Gasteiger partial charge in [0, 0.05) is 20.0 Å². The minimum absolute atomic E-state index is 0.162. The van der Waals surface area contributed by atoms with Crippen molar-refractivity contribution in [3.8, 4) is 5.75 Å². The normalized spacial score (nSPS) is 12.7. The molecule has 2 rings (SSSR count). The maximum Gasteiger partial charge on any atom is 0.511 e. The number of carbonyl (C=O) groups is 1. The lowest BCUT2D eigenvalue weighted by atomic mass is 10.1. The van der Waals surface area contributed by atoms with Crippen molar-refractivity contribution in [2.45, 2.75) is 17.9 Å². The number of pyridine rings is 1. The summed E-state index contributed by atoms with van der Waals surface area (Å²) in [7, 11) is -9.74. The lowest BCUT2D eigenvalue weighted by Crippen LogP contribution is -2.29. The first kappa shape index (κ1) is 25.0. The monoisotopic (exact) mass is 484 g/mol. The molecule has 1 heterocycles. The average Bonchev–Trinajstić information content (AvgIpc) is 2.61. The van der Waals surface area contributed by atoms with Crippen LogP contribution in [0.1, 0.15) is 12.8 Å². The molecule has 0 saturated carbocycles. The van der Waals surface area contributed by atoms with Gasteiger partial charge in [0.15, 0.2) is 5.75 Å². The molecule has 172 valence electrons. The molecule has 0 unspecified atom stereocenters. The van der Waals surface area contributed by atoms with Crippen molar-refractivity contribution in [1.82, 2.24) is 4.57 Å². The molecule has 0 saturated heterocycles. The van der Waals surface area contributed by atoms with Crippen LogP contribution in [0.5, 0.6) is 5.75 Å². The van der Waals surface area contributed by atoms with Gasteiger partial charge in [0.05, 0.1) is 22.8 Å². The van der Waals surface area contributed by atoms with Gasteiger partial charge in [-0.25, -0.2) is 9.18 Å². The molecule has 7 N–H and O–H groups in total.